The van der Waals surface area contributed by atoms with Crippen LogP contribution in [0, 0.1) is 14.9 Å². The number of benzene rings is 2. The third-order valence-electron chi connectivity index (χ3n) is 3.61. The summed E-state index contributed by atoms with van der Waals surface area (Å²) in [6.45, 7) is 2.35. The van der Waals surface area contributed by atoms with Gasteiger partial charge in [-0.05, 0) is 77.6 Å². The number of carbonyl (C=O) groups is 2. The van der Waals surface area contributed by atoms with Gasteiger partial charge >= 0.3 is 5.97 Å². The molecule has 144 valence electrons. The minimum absolute atomic E-state index is 0.102. The van der Waals surface area contributed by atoms with Gasteiger partial charge in [0.05, 0.1) is 22.9 Å². The third kappa shape index (κ3) is 5.23. The molecule has 2 aromatic rings. The zero-order valence-electron chi connectivity index (χ0n) is 15.2. The van der Waals surface area contributed by atoms with Gasteiger partial charge in [0.25, 0.3) is 5.91 Å². The van der Waals surface area contributed by atoms with Crippen LogP contribution in [-0.4, -0.2) is 30.7 Å². The number of amides is 1. The van der Waals surface area contributed by atoms with Gasteiger partial charge in [-0.2, -0.15) is 5.26 Å². The Labute approximate surface area is 175 Å². The molecule has 0 unspecified atom stereocenters. The third-order valence-corrected chi connectivity index (χ3v) is 4.41. The first-order valence-electron chi connectivity index (χ1n) is 8.16. The molecule has 7 nitrogen and oxygen atoms in total. The number of hydrogen-bond donors (Lipinski definition) is 2. The van der Waals surface area contributed by atoms with E-state index >= 15 is 0 Å². The summed E-state index contributed by atoms with van der Waals surface area (Å²) in [5, 5.41) is 20.9. The van der Waals surface area contributed by atoms with Gasteiger partial charge in [0.1, 0.15) is 11.6 Å². The number of nitrogens with one attached hydrogen (secondary N) is 1. The van der Waals surface area contributed by atoms with Gasteiger partial charge < -0.3 is 19.9 Å². The molecule has 0 bridgehead atoms. The van der Waals surface area contributed by atoms with E-state index in [0.717, 1.165) is 3.57 Å². The minimum Gasteiger partial charge on any atom is -0.493 e. The Balaban J connectivity index is 2.27. The van der Waals surface area contributed by atoms with E-state index < -0.39 is 11.9 Å². The van der Waals surface area contributed by atoms with Gasteiger partial charge in [-0.3, -0.25) is 4.79 Å². The van der Waals surface area contributed by atoms with Crippen LogP contribution in [0.1, 0.15) is 22.8 Å². The van der Waals surface area contributed by atoms with E-state index in [9.17, 15) is 14.9 Å². The average molecular weight is 492 g/mol. The molecule has 0 radical (unpaired) electrons. The van der Waals surface area contributed by atoms with Gasteiger partial charge in [0.2, 0.25) is 0 Å². The maximum atomic E-state index is 12.4. The Kier molecular flexibility index (Phi) is 7.40. The highest BCUT2D eigenvalue weighted by molar-refractivity contribution is 14.1. The molecule has 0 saturated carbocycles. The molecule has 0 atom stereocenters. The van der Waals surface area contributed by atoms with Crippen molar-refractivity contribution in [2.24, 2.45) is 0 Å². The molecule has 0 aromatic heterocycles. The summed E-state index contributed by atoms with van der Waals surface area (Å²) in [5.41, 5.74) is 0.988. The first kappa shape index (κ1) is 21.2. The molecule has 28 heavy (non-hydrogen) atoms. The molecule has 2 aromatic carbocycles. The van der Waals surface area contributed by atoms with Crippen LogP contribution in [-0.2, 0) is 4.79 Å². The number of nitriles is 1. The Morgan fingerprint density at radius 3 is 2.50 bits per heavy atom. The summed E-state index contributed by atoms with van der Waals surface area (Å²) < 4.78 is 11.7. The molecule has 1 amide bonds. The standard InChI is InChI=1S/C20H17IN2O5/c1-3-28-18-16(21)9-12(10-17(18)27-2)8-14(11-22)19(24)23-15-6-4-13(5-7-15)20(25)26/h4-10H,3H2,1-2H3,(H,23,24)(H,25,26)/b14-8+. The van der Waals surface area contributed by atoms with E-state index in [-0.39, 0.29) is 11.1 Å². The summed E-state index contributed by atoms with van der Waals surface area (Å²) in [6.07, 6.45) is 1.45. The molecular formula is C20H17IN2O5. The Morgan fingerprint density at radius 2 is 1.96 bits per heavy atom. The van der Waals surface area contributed by atoms with Crippen molar-refractivity contribution in [1.82, 2.24) is 0 Å². The highest BCUT2D eigenvalue weighted by atomic mass is 127. The van der Waals surface area contributed by atoms with Crippen molar-refractivity contribution in [1.29, 1.82) is 5.26 Å². The summed E-state index contributed by atoms with van der Waals surface area (Å²) in [4.78, 5) is 23.3. The monoisotopic (exact) mass is 492 g/mol. The number of methoxy groups -OCH3 is 1. The number of carbonyl (C=O) groups excluding carboxylic acids is 1. The highest BCUT2D eigenvalue weighted by Crippen LogP contribution is 2.34. The molecule has 0 aliphatic carbocycles. The van der Waals surface area contributed by atoms with Crippen LogP contribution in [0.4, 0.5) is 5.69 Å². The van der Waals surface area contributed by atoms with Crippen LogP contribution in [0.25, 0.3) is 6.08 Å². The Morgan fingerprint density at radius 1 is 1.29 bits per heavy atom. The summed E-state index contributed by atoms with van der Waals surface area (Å²) in [5.74, 6) is -0.561. The van der Waals surface area contributed by atoms with E-state index in [2.05, 4.69) is 27.9 Å². The fraction of sp³-hybridized carbons (Fsp3) is 0.150. The first-order valence-corrected chi connectivity index (χ1v) is 9.24. The van der Waals surface area contributed by atoms with Crippen molar-refractivity contribution in [3.05, 3.63) is 56.7 Å². The van der Waals surface area contributed by atoms with Crippen LogP contribution < -0.4 is 14.8 Å². The van der Waals surface area contributed by atoms with Gasteiger partial charge in [0.15, 0.2) is 11.5 Å². The van der Waals surface area contributed by atoms with E-state index in [1.807, 2.05) is 13.0 Å². The van der Waals surface area contributed by atoms with E-state index in [0.29, 0.717) is 29.4 Å². The summed E-state index contributed by atoms with van der Waals surface area (Å²) in [6, 6.07) is 11.0. The van der Waals surface area contributed by atoms with Crippen molar-refractivity contribution >= 4 is 46.2 Å². The molecule has 2 N–H and O–H groups in total. The number of nitrogens with zero attached hydrogens (tertiary/aromatic N) is 1. The van der Waals surface area contributed by atoms with Crippen molar-refractivity contribution in [3.8, 4) is 17.6 Å². The molecule has 0 fully saturated rings. The lowest BCUT2D eigenvalue weighted by Gasteiger charge is -2.12. The van der Waals surface area contributed by atoms with E-state index in [1.165, 1.54) is 37.5 Å². The predicted octanol–water partition coefficient (Wildman–Crippen LogP) is 3.94. The van der Waals surface area contributed by atoms with E-state index in [1.54, 1.807) is 12.1 Å². The molecule has 0 aliphatic rings. The minimum atomic E-state index is -1.06. The van der Waals surface area contributed by atoms with Crippen LogP contribution in [0.3, 0.4) is 0 Å². The van der Waals surface area contributed by atoms with Crippen LogP contribution >= 0.6 is 22.6 Å². The van der Waals surface area contributed by atoms with Crippen molar-refractivity contribution < 1.29 is 24.2 Å². The number of halogens is 1. The number of ether oxygens (including phenoxy) is 2. The zero-order valence-corrected chi connectivity index (χ0v) is 17.3. The second-order valence-corrected chi connectivity index (χ2v) is 6.64. The first-order chi connectivity index (χ1) is 13.4. The Hall–Kier alpha value is -3.06. The van der Waals surface area contributed by atoms with Gasteiger partial charge in [-0.1, -0.05) is 0 Å². The number of anilines is 1. The smallest absolute Gasteiger partial charge is 0.335 e. The SMILES string of the molecule is CCOc1c(I)cc(/C=C(\C#N)C(=O)Nc2ccc(C(=O)O)cc2)cc1OC. The number of aromatic carboxylic acids is 1. The highest BCUT2D eigenvalue weighted by Gasteiger charge is 2.14. The average Bonchev–Trinajstić information content (AvgIpc) is 2.68. The summed E-state index contributed by atoms with van der Waals surface area (Å²) in [7, 11) is 1.51. The molecule has 0 heterocycles. The largest absolute Gasteiger partial charge is 0.493 e. The number of carboxylic acid groups (broad SMARTS) is 1. The second-order valence-electron chi connectivity index (χ2n) is 5.47. The molecule has 8 heteroatoms. The molecule has 0 aliphatic heterocycles. The van der Waals surface area contributed by atoms with E-state index in [4.69, 9.17) is 14.6 Å². The summed E-state index contributed by atoms with van der Waals surface area (Å²) >= 11 is 2.10. The van der Waals surface area contributed by atoms with Gasteiger partial charge in [0, 0.05) is 5.69 Å². The number of hydrogen-bond acceptors (Lipinski definition) is 5. The lowest BCUT2D eigenvalue weighted by molar-refractivity contribution is -0.112. The van der Waals surface area contributed by atoms with Crippen LogP contribution in [0.2, 0.25) is 0 Å². The lowest BCUT2D eigenvalue weighted by Crippen LogP contribution is -2.13. The number of rotatable bonds is 7. The van der Waals surface area contributed by atoms with Crippen molar-refractivity contribution in [2.45, 2.75) is 6.92 Å². The van der Waals surface area contributed by atoms with Crippen molar-refractivity contribution in [2.75, 3.05) is 19.0 Å². The molecule has 0 spiro atoms. The normalized spacial score (nSPS) is 10.7. The fourth-order valence-corrected chi connectivity index (χ4v) is 3.10. The predicted molar refractivity (Wildman–Crippen MR) is 113 cm³/mol. The lowest BCUT2D eigenvalue weighted by atomic mass is 10.1. The quantitative estimate of drug-likeness (QED) is 0.345. The zero-order chi connectivity index (χ0) is 20.7. The second kappa shape index (κ2) is 9.75. The van der Waals surface area contributed by atoms with Crippen LogP contribution in [0.15, 0.2) is 42.0 Å². The topological polar surface area (TPSA) is 109 Å². The number of carboxylic acids is 1. The van der Waals surface area contributed by atoms with Crippen molar-refractivity contribution in [3.63, 3.8) is 0 Å². The van der Waals surface area contributed by atoms with Crippen LogP contribution in [0.5, 0.6) is 11.5 Å². The fourth-order valence-electron chi connectivity index (χ4n) is 2.32. The Bertz CT molecular complexity index is 962. The van der Waals surface area contributed by atoms with Gasteiger partial charge in [-0.15, -0.1) is 0 Å². The molecular weight excluding hydrogens is 475 g/mol. The van der Waals surface area contributed by atoms with Gasteiger partial charge in [-0.25, -0.2) is 4.79 Å². The molecule has 0 saturated heterocycles. The maximum Gasteiger partial charge on any atom is 0.335 e. The molecule has 2 rings (SSSR count). The maximum absolute atomic E-state index is 12.4.